The summed E-state index contributed by atoms with van der Waals surface area (Å²) in [5.41, 5.74) is 2.19. The van der Waals surface area contributed by atoms with Gasteiger partial charge in [-0.1, -0.05) is 44.2 Å². The first-order valence-electron chi connectivity index (χ1n) is 11.5. The molecule has 9 heteroatoms. The molecule has 1 aliphatic rings. The van der Waals surface area contributed by atoms with Crippen LogP contribution in [0.25, 0.3) is 0 Å². The Morgan fingerprint density at radius 1 is 1.12 bits per heavy atom. The highest BCUT2D eigenvalue weighted by Crippen LogP contribution is 2.19. The summed E-state index contributed by atoms with van der Waals surface area (Å²) in [6.07, 6.45) is 3.58. The van der Waals surface area contributed by atoms with Gasteiger partial charge in [0.2, 0.25) is 5.78 Å². The van der Waals surface area contributed by atoms with E-state index in [2.05, 4.69) is 20.6 Å². The fourth-order valence-corrected chi connectivity index (χ4v) is 3.88. The fraction of sp³-hybridized carbons (Fsp3) is 0.440. The molecule has 0 spiro atoms. The van der Waals surface area contributed by atoms with Crippen LogP contribution in [0.3, 0.4) is 0 Å². The Hall–Kier alpha value is -3.62. The van der Waals surface area contributed by atoms with E-state index in [0.717, 1.165) is 11.3 Å². The van der Waals surface area contributed by atoms with Gasteiger partial charge in [-0.15, -0.1) is 0 Å². The summed E-state index contributed by atoms with van der Waals surface area (Å²) in [5.74, 6) is -2.86. The van der Waals surface area contributed by atoms with Crippen LogP contribution in [0.15, 0.2) is 42.7 Å². The first kappa shape index (κ1) is 25.0. The van der Waals surface area contributed by atoms with Crippen molar-refractivity contribution in [3.63, 3.8) is 0 Å². The number of amides is 2. The lowest BCUT2D eigenvalue weighted by Crippen LogP contribution is -2.46. The second-order valence-corrected chi connectivity index (χ2v) is 8.67. The summed E-state index contributed by atoms with van der Waals surface area (Å²) in [6.45, 7) is 4.00. The van der Waals surface area contributed by atoms with Gasteiger partial charge in [-0.05, 0) is 24.3 Å². The minimum absolute atomic E-state index is 0.0718. The number of carbonyl (C=O) groups is 4. The first-order chi connectivity index (χ1) is 16.3. The number of aryl methyl sites for hydroxylation is 1. The van der Waals surface area contributed by atoms with Gasteiger partial charge in [-0.3, -0.25) is 24.4 Å². The Bertz CT molecular complexity index is 1020. The van der Waals surface area contributed by atoms with Gasteiger partial charge in [0.1, 0.15) is 6.61 Å². The SMILES string of the molecule is CC(C)C(NC(=O)OCc1ccccc1)C(=O)CC1Cc2nccnc2CCCNC(=O)C1=O. The lowest BCUT2D eigenvalue weighted by molar-refractivity contribution is -0.141. The van der Waals surface area contributed by atoms with Crippen molar-refractivity contribution < 1.29 is 23.9 Å². The zero-order chi connectivity index (χ0) is 24.5. The molecule has 180 valence electrons. The molecule has 3 rings (SSSR count). The van der Waals surface area contributed by atoms with Crippen molar-refractivity contribution in [2.24, 2.45) is 11.8 Å². The zero-order valence-corrected chi connectivity index (χ0v) is 19.5. The number of rotatable bonds is 7. The molecule has 1 aliphatic heterocycles. The number of ketones is 2. The van der Waals surface area contributed by atoms with Crippen molar-refractivity contribution in [2.45, 2.75) is 52.2 Å². The van der Waals surface area contributed by atoms with Crippen LogP contribution in [0.1, 0.15) is 43.6 Å². The monoisotopic (exact) mass is 466 g/mol. The van der Waals surface area contributed by atoms with Crippen LogP contribution in [-0.2, 0) is 38.6 Å². The molecule has 9 nitrogen and oxygen atoms in total. The van der Waals surface area contributed by atoms with E-state index in [9.17, 15) is 19.2 Å². The van der Waals surface area contributed by atoms with Crippen LogP contribution in [0.4, 0.5) is 4.79 Å². The van der Waals surface area contributed by atoms with Crippen LogP contribution >= 0.6 is 0 Å². The molecule has 2 unspecified atom stereocenters. The largest absolute Gasteiger partial charge is 0.445 e. The van der Waals surface area contributed by atoms with Gasteiger partial charge in [-0.25, -0.2) is 4.79 Å². The van der Waals surface area contributed by atoms with Gasteiger partial charge in [0.05, 0.1) is 17.4 Å². The van der Waals surface area contributed by atoms with Gasteiger partial charge < -0.3 is 15.4 Å². The van der Waals surface area contributed by atoms with Crippen LogP contribution in [0.5, 0.6) is 0 Å². The summed E-state index contributed by atoms with van der Waals surface area (Å²) in [4.78, 5) is 59.4. The Balaban J connectivity index is 1.70. The lowest BCUT2D eigenvalue weighted by atomic mass is 9.86. The minimum Gasteiger partial charge on any atom is -0.445 e. The van der Waals surface area contributed by atoms with E-state index in [1.54, 1.807) is 20.0 Å². The number of fused-ring (bicyclic) bond motifs is 1. The first-order valence-corrected chi connectivity index (χ1v) is 11.5. The lowest BCUT2D eigenvalue weighted by Gasteiger charge is -2.24. The third kappa shape index (κ3) is 6.94. The summed E-state index contributed by atoms with van der Waals surface area (Å²) in [7, 11) is 0. The summed E-state index contributed by atoms with van der Waals surface area (Å²) in [5, 5.41) is 5.24. The molecule has 0 aliphatic carbocycles. The number of aromatic nitrogens is 2. The highest BCUT2D eigenvalue weighted by Gasteiger charge is 2.33. The van der Waals surface area contributed by atoms with Crippen molar-refractivity contribution in [2.75, 3.05) is 6.54 Å². The standard InChI is InChI=1S/C25H30N4O5/c1-16(2)22(29-25(33)34-15-17-7-4-3-5-8-17)21(30)14-18-13-20-19(26-11-12-27-20)9-6-10-28-24(32)23(18)31/h3-5,7-8,11-12,16,18,22H,6,9-10,13-15H2,1-2H3,(H,28,32)(H,29,33). The van der Waals surface area contributed by atoms with E-state index in [-0.39, 0.29) is 31.1 Å². The normalized spacial score (nSPS) is 17.3. The number of hydrogen-bond acceptors (Lipinski definition) is 7. The molecule has 0 bridgehead atoms. The average Bonchev–Trinajstić information content (AvgIpc) is 2.83. The third-order valence-electron chi connectivity index (χ3n) is 5.72. The number of nitrogens with one attached hydrogen (secondary N) is 2. The van der Waals surface area contributed by atoms with Crippen molar-refractivity contribution in [1.82, 2.24) is 20.6 Å². The molecule has 0 saturated carbocycles. The molecule has 1 aromatic carbocycles. The Morgan fingerprint density at radius 2 is 1.82 bits per heavy atom. The topological polar surface area (TPSA) is 127 Å². The molecule has 2 N–H and O–H groups in total. The van der Waals surface area contributed by atoms with E-state index < -0.39 is 29.7 Å². The Labute approximate surface area is 198 Å². The Morgan fingerprint density at radius 3 is 2.53 bits per heavy atom. The number of hydrogen-bond donors (Lipinski definition) is 2. The highest BCUT2D eigenvalue weighted by molar-refractivity contribution is 6.37. The third-order valence-corrected chi connectivity index (χ3v) is 5.72. The van der Waals surface area contributed by atoms with E-state index in [1.807, 2.05) is 30.3 Å². The van der Waals surface area contributed by atoms with Crippen molar-refractivity contribution in [3.8, 4) is 0 Å². The van der Waals surface area contributed by atoms with E-state index in [1.165, 1.54) is 6.20 Å². The second kappa shape index (κ2) is 12.0. The molecule has 0 radical (unpaired) electrons. The molecular formula is C25H30N4O5. The molecule has 2 heterocycles. The van der Waals surface area contributed by atoms with E-state index in [0.29, 0.717) is 25.1 Å². The number of Topliss-reactive ketones (excluding diaryl/α,β-unsaturated/α-hetero) is 2. The molecule has 0 saturated heterocycles. The summed E-state index contributed by atoms with van der Waals surface area (Å²) >= 11 is 0. The van der Waals surface area contributed by atoms with Gasteiger partial charge in [0, 0.05) is 37.7 Å². The van der Waals surface area contributed by atoms with E-state index in [4.69, 9.17) is 4.74 Å². The zero-order valence-electron chi connectivity index (χ0n) is 19.5. The number of carbonyl (C=O) groups excluding carboxylic acids is 4. The van der Waals surface area contributed by atoms with Gasteiger partial charge in [0.25, 0.3) is 5.91 Å². The smallest absolute Gasteiger partial charge is 0.408 e. The minimum atomic E-state index is -0.899. The molecule has 1 aromatic heterocycles. The molecule has 2 atom stereocenters. The van der Waals surface area contributed by atoms with Crippen molar-refractivity contribution in [3.05, 3.63) is 59.7 Å². The summed E-state index contributed by atoms with van der Waals surface area (Å²) in [6, 6.07) is 8.33. The summed E-state index contributed by atoms with van der Waals surface area (Å²) < 4.78 is 5.25. The van der Waals surface area contributed by atoms with Gasteiger partial charge in [0.15, 0.2) is 5.78 Å². The number of nitrogens with zero attached hydrogens (tertiary/aromatic N) is 2. The fourth-order valence-electron chi connectivity index (χ4n) is 3.88. The Kier molecular flexibility index (Phi) is 8.84. The van der Waals surface area contributed by atoms with Crippen LogP contribution in [-0.4, -0.2) is 46.1 Å². The molecule has 2 amide bonds. The average molecular weight is 467 g/mol. The number of ether oxygens (including phenoxy) is 1. The number of benzene rings is 1. The molecule has 0 fully saturated rings. The molecule has 2 aromatic rings. The van der Waals surface area contributed by atoms with E-state index >= 15 is 0 Å². The van der Waals surface area contributed by atoms with Gasteiger partial charge >= 0.3 is 6.09 Å². The predicted molar refractivity (Wildman–Crippen MR) is 124 cm³/mol. The van der Waals surface area contributed by atoms with Crippen molar-refractivity contribution >= 4 is 23.6 Å². The molecule has 34 heavy (non-hydrogen) atoms. The predicted octanol–water partition coefficient (Wildman–Crippen LogP) is 2.18. The highest BCUT2D eigenvalue weighted by atomic mass is 16.5. The maximum absolute atomic E-state index is 13.2. The van der Waals surface area contributed by atoms with Crippen LogP contribution in [0, 0.1) is 11.8 Å². The maximum atomic E-state index is 13.2. The van der Waals surface area contributed by atoms with Crippen LogP contribution < -0.4 is 10.6 Å². The van der Waals surface area contributed by atoms with Gasteiger partial charge in [-0.2, -0.15) is 0 Å². The van der Waals surface area contributed by atoms with Crippen LogP contribution in [0.2, 0.25) is 0 Å². The second-order valence-electron chi connectivity index (χ2n) is 8.67. The molecular weight excluding hydrogens is 436 g/mol. The number of alkyl carbamates (subject to hydrolysis) is 1. The quantitative estimate of drug-likeness (QED) is 0.599. The maximum Gasteiger partial charge on any atom is 0.408 e. The van der Waals surface area contributed by atoms with Crippen molar-refractivity contribution in [1.29, 1.82) is 0 Å².